The molecule has 0 amide bonds. The molecule has 0 spiro atoms. The van der Waals surface area contributed by atoms with Gasteiger partial charge >= 0.3 is 5.97 Å². The van der Waals surface area contributed by atoms with Gasteiger partial charge in [0.1, 0.15) is 5.25 Å². The summed E-state index contributed by atoms with van der Waals surface area (Å²) in [4.78, 5) is 15.2. The zero-order valence-corrected chi connectivity index (χ0v) is 16.2. The lowest BCUT2D eigenvalue weighted by Gasteiger charge is -2.11. The number of H-pyrrole nitrogens is 1. The summed E-state index contributed by atoms with van der Waals surface area (Å²) in [6, 6.07) is 15.5. The number of hydrogen-bond acceptors (Lipinski definition) is 5. The highest BCUT2D eigenvalue weighted by Gasteiger charge is 2.30. The Bertz CT molecular complexity index is 1170. The molecule has 1 atom stereocenters. The fourth-order valence-electron chi connectivity index (χ4n) is 3.31. The maximum Gasteiger partial charge on any atom is 0.319 e. The van der Waals surface area contributed by atoms with Crippen molar-refractivity contribution in [2.45, 2.75) is 16.8 Å². The summed E-state index contributed by atoms with van der Waals surface area (Å²) < 4.78 is 7.06. The van der Waals surface area contributed by atoms with Crippen molar-refractivity contribution in [3.8, 4) is 17.1 Å². The summed E-state index contributed by atoms with van der Waals surface area (Å²) in [6.07, 6.45) is 2.60. The Balaban J connectivity index is 1.66. The van der Waals surface area contributed by atoms with E-state index >= 15 is 0 Å². The molecule has 4 aromatic rings. The van der Waals surface area contributed by atoms with Crippen LogP contribution in [0.4, 0.5) is 0 Å². The number of benzene rings is 2. The van der Waals surface area contributed by atoms with Crippen molar-refractivity contribution in [1.29, 1.82) is 0 Å². The third-order valence-electron chi connectivity index (χ3n) is 4.68. The average molecular weight is 411 g/mol. The number of aromatic amines is 1. The Morgan fingerprint density at radius 2 is 1.96 bits per heavy atom. The first-order chi connectivity index (χ1) is 13.7. The molecule has 2 aromatic carbocycles. The van der Waals surface area contributed by atoms with Gasteiger partial charge < -0.3 is 9.72 Å². The van der Waals surface area contributed by atoms with Gasteiger partial charge in [-0.25, -0.2) is 0 Å². The van der Waals surface area contributed by atoms with Crippen LogP contribution in [0.3, 0.4) is 0 Å². The van der Waals surface area contributed by atoms with Crippen molar-refractivity contribution < 1.29 is 9.53 Å². The number of aromatic nitrogens is 4. The number of esters is 1. The largest absolute Gasteiger partial charge is 0.465 e. The van der Waals surface area contributed by atoms with Gasteiger partial charge in [0.2, 0.25) is 0 Å². The van der Waals surface area contributed by atoms with Crippen LogP contribution < -0.4 is 0 Å². The van der Waals surface area contributed by atoms with Crippen LogP contribution in [0.5, 0.6) is 0 Å². The van der Waals surface area contributed by atoms with Gasteiger partial charge in [0.05, 0.1) is 6.61 Å². The molecule has 3 heterocycles. The molecular weight excluding hydrogens is 396 g/mol. The quantitative estimate of drug-likeness (QED) is 0.502. The molecule has 0 unspecified atom stereocenters. The average Bonchev–Trinajstić information content (AvgIpc) is 3.42. The monoisotopic (exact) mass is 410 g/mol. The van der Waals surface area contributed by atoms with Crippen LogP contribution in [0.25, 0.3) is 28.0 Å². The molecule has 140 valence electrons. The molecule has 0 bridgehead atoms. The number of nitrogens with one attached hydrogen (secondary N) is 1. The molecule has 6 nitrogen and oxygen atoms in total. The number of rotatable bonds is 4. The van der Waals surface area contributed by atoms with Gasteiger partial charge in [0.25, 0.3) is 0 Å². The molecule has 0 saturated carbocycles. The maximum absolute atomic E-state index is 12.0. The van der Waals surface area contributed by atoms with E-state index in [0.717, 1.165) is 22.2 Å². The third-order valence-corrected chi connectivity index (χ3v) is 6.12. The Kier molecular flexibility index (Phi) is 4.33. The number of cyclic esters (lactones) is 1. The van der Waals surface area contributed by atoms with Gasteiger partial charge in [-0.3, -0.25) is 9.36 Å². The van der Waals surface area contributed by atoms with Gasteiger partial charge in [-0.05, 0) is 30.3 Å². The van der Waals surface area contributed by atoms with Crippen LogP contribution in [0.2, 0.25) is 5.02 Å². The molecule has 28 heavy (non-hydrogen) atoms. The van der Waals surface area contributed by atoms with E-state index in [1.54, 1.807) is 0 Å². The van der Waals surface area contributed by atoms with Crippen molar-refractivity contribution in [2.75, 3.05) is 6.61 Å². The van der Waals surface area contributed by atoms with Crippen molar-refractivity contribution in [1.82, 2.24) is 19.7 Å². The lowest BCUT2D eigenvalue weighted by molar-refractivity contribution is -0.137. The predicted octanol–water partition coefficient (Wildman–Crippen LogP) is 4.48. The summed E-state index contributed by atoms with van der Waals surface area (Å²) >= 11 is 7.46. The molecule has 2 aromatic heterocycles. The molecule has 1 aliphatic rings. The van der Waals surface area contributed by atoms with Gasteiger partial charge in [-0.2, -0.15) is 0 Å². The van der Waals surface area contributed by atoms with Crippen molar-refractivity contribution in [2.24, 2.45) is 0 Å². The number of para-hydroxylation sites is 1. The van der Waals surface area contributed by atoms with E-state index in [2.05, 4.69) is 15.2 Å². The van der Waals surface area contributed by atoms with Crippen LogP contribution in [0, 0.1) is 0 Å². The van der Waals surface area contributed by atoms with Crippen LogP contribution >= 0.6 is 23.4 Å². The number of nitrogens with zero attached hydrogens (tertiary/aromatic N) is 3. The Labute approximate surface area is 169 Å². The summed E-state index contributed by atoms with van der Waals surface area (Å²) in [5.41, 5.74) is 2.85. The topological polar surface area (TPSA) is 72.8 Å². The second kappa shape index (κ2) is 7.00. The van der Waals surface area contributed by atoms with Gasteiger partial charge in [0, 0.05) is 39.8 Å². The minimum absolute atomic E-state index is 0.204. The van der Waals surface area contributed by atoms with E-state index in [-0.39, 0.29) is 11.2 Å². The fourth-order valence-corrected chi connectivity index (χ4v) is 4.46. The minimum Gasteiger partial charge on any atom is -0.465 e. The second-order valence-electron chi connectivity index (χ2n) is 6.43. The fraction of sp³-hybridized carbons (Fsp3) is 0.150. The molecule has 0 aliphatic carbocycles. The molecule has 5 rings (SSSR count). The highest BCUT2D eigenvalue weighted by molar-refractivity contribution is 8.00. The summed E-state index contributed by atoms with van der Waals surface area (Å²) in [7, 11) is 0. The Morgan fingerprint density at radius 1 is 1.14 bits per heavy atom. The lowest BCUT2D eigenvalue weighted by Crippen LogP contribution is -2.11. The second-order valence-corrected chi connectivity index (χ2v) is 8.03. The van der Waals surface area contributed by atoms with E-state index in [1.807, 2.05) is 59.3 Å². The van der Waals surface area contributed by atoms with E-state index < -0.39 is 0 Å². The summed E-state index contributed by atoms with van der Waals surface area (Å²) in [5.74, 6) is 0.498. The summed E-state index contributed by atoms with van der Waals surface area (Å²) in [6.45, 7) is 0.445. The van der Waals surface area contributed by atoms with E-state index in [1.165, 1.54) is 11.8 Å². The lowest BCUT2D eigenvalue weighted by atomic mass is 10.1. The Hall–Kier alpha value is -2.77. The van der Waals surface area contributed by atoms with Crippen LogP contribution in [0.15, 0.2) is 59.9 Å². The van der Waals surface area contributed by atoms with Crippen LogP contribution in [-0.2, 0) is 9.53 Å². The molecular formula is C20H15ClN4O2S. The van der Waals surface area contributed by atoms with Gasteiger partial charge in [0.15, 0.2) is 11.0 Å². The number of thioether (sulfide) groups is 1. The van der Waals surface area contributed by atoms with E-state index in [9.17, 15) is 4.79 Å². The smallest absolute Gasteiger partial charge is 0.319 e. The first-order valence-electron chi connectivity index (χ1n) is 8.82. The van der Waals surface area contributed by atoms with Crippen molar-refractivity contribution in [3.05, 3.63) is 59.8 Å². The van der Waals surface area contributed by atoms with Crippen molar-refractivity contribution >= 4 is 40.2 Å². The number of ether oxygens (including phenoxy) is 1. The summed E-state index contributed by atoms with van der Waals surface area (Å²) in [5, 5.41) is 10.9. The zero-order chi connectivity index (χ0) is 19.1. The molecule has 0 radical (unpaired) electrons. The third kappa shape index (κ3) is 2.96. The number of carbonyl (C=O) groups is 1. The number of carbonyl (C=O) groups excluding carboxylic acids is 1. The van der Waals surface area contributed by atoms with Gasteiger partial charge in [-0.15, -0.1) is 10.2 Å². The molecule has 8 heteroatoms. The molecule has 1 N–H and O–H groups in total. The van der Waals surface area contributed by atoms with Gasteiger partial charge in [-0.1, -0.05) is 41.6 Å². The minimum atomic E-state index is -0.272. The zero-order valence-electron chi connectivity index (χ0n) is 14.6. The number of fused-ring (bicyclic) bond motifs is 1. The van der Waals surface area contributed by atoms with Crippen LogP contribution in [-0.4, -0.2) is 37.6 Å². The highest BCUT2D eigenvalue weighted by atomic mass is 35.5. The van der Waals surface area contributed by atoms with E-state index in [4.69, 9.17) is 16.3 Å². The maximum atomic E-state index is 12.0. The predicted molar refractivity (Wildman–Crippen MR) is 109 cm³/mol. The number of hydrogen-bond donors (Lipinski definition) is 1. The molecule has 1 fully saturated rings. The normalized spacial score (nSPS) is 16.6. The Morgan fingerprint density at radius 3 is 2.75 bits per heavy atom. The van der Waals surface area contributed by atoms with Crippen molar-refractivity contribution in [3.63, 3.8) is 0 Å². The first kappa shape index (κ1) is 17.3. The molecule has 1 aliphatic heterocycles. The standard InChI is InChI=1S/C20H15ClN4O2S/c21-12-5-7-13(8-6-12)25-18(15-11-22-16-4-2-1-3-14(15)16)23-24-20(25)28-17-9-10-27-19(17)26/h1-8,11,17,22H,9-10H2/t17-/m1/s1. The first-order valence-corrected chi connectivity index (χ1v) is 10.1. The molecule has 1 saturated heterocycles. The van der Waals surface area contributed by atoms with Crippen LogP contribution in [0.1, 0.15) is 6.42 Å². The highest BCUT2D eigenvalue weighted by Crippen LogP contribution is 2.35. The van der Waals surface area contributed by atoms with E-state index in [0.29, 0.717) is 29.0 Å². The SMILES string of the molecule is O=C1OCC[C@H]1Sc1nnc(-c2c[nH]c3ccccc23)n1-c1ccc(Cl)cc1. The number of halogens is 1.